The van der Waals surface area contributed by atoms with Crippen LogP contribution < -0.4 is 5.32 Å². The number of halogens is 1. The van der Waals surface area contributed by atoms with E-state index in [0.717, 1.165) is 27.7 Å². The largest absolute Gasteiger partial charge is 0.460 e. The molecule has 0 spiro atoms. The van der Waals surface area contributed by atoms with E-state index in [9.17, 15) is 0 Å². The number of fused-ring (bicyclic) bond motifs is 1. The fourth-order valence-corrected chi connectivity index (χ4v) is 2.48. The van der Waals surface area contributed by atoms with Crippen molar-refractivity contribution in [1.29, 1.82) is 0 Å². The topological polar surface area (TPSA) is 25.2 Å². The van der Waals surface area contributed by atoms with Crippen LogP contribution in [0.4, 0.5) is 0 Å². The van der Waals surface area contributed by atoms with E-state index in [2.05, 4.69) is 27.3 Å². The van der Waals surface area contributed by atoms with Gasteiger partial charge in [-0.25, -0.2) is 0 Å². The number of furan rings is 1. The molecule has 0 aliphatic heterocycles. The third kappa shape index (κ3) is 1.89. The third-order valence-corrected chi connectivity index (χ3v) is 3.92. The van der Waals surface area contributed by atoms with Crippen molar-refractivity contribution in [2.75, 3.05) is 0 Å². The van der Waals surface area contributed by atoms with Crippen molar-refractivity contribution in [2.45, 2.75) is 31.8 Å². The minimum absolute atomic E-state index is 0.705. The van der Waals surface area contributed by atoms with Gasteiger partial charge in [0.05, 0.1) is 6.54 Å². The van der Waals surface area contributed by atoms with Gasteiger partial charge in [0, 0.05) is 15.9 Å². The summed E-state index contributed by atoms with van der Waals surface area (Å²) in [5, 5.41) is 4.67. The highest BCUT2D eigenvalue weighted by atomic mass is 79.9. The SMILES string of the molecule is Brc1cccc2oc(CNC3CCC3)cc12. The molecule has 2 nitrogen and oxygen atoms in total. The van der Waals surface area contributed by atoms with E-state index in [1.165, 1.54) is 19.3 Å². The lowest BCUT2D eigenvalue weighted by atomic mass is 9.93. The normalized spacial score (nSPS) is 16.6. The Morgan fingerprint density at radius 2 is 2.25 bits per heavy atom. The molecular formula is C13H14BrNO. The first-order chi connectivity index (χ1) is 7.83. The zero-order valence-electron chi connectivity index (χ0n) is 9.00. The molecule has 0 saturated heterocycles. The molecule has 0 radical (unpaired) electrons. The van der Waals surface area contributed by atoms with Gasteiger partial charge in [0.15, 0.2) is 0 Å². The average molecular weight is 280 g/mol. The van der Waals surface area contributed by atoms with Crippen LogP contribution in [-0.4, -0.2) is 6.04 Å². The maximum atomic E-state index is 5.78. The Hall–Kier alpha value is -0.800. The first-order valence-corrected chi connectivity index (χ1v) is 6.52. The Labute approximate surface area is 103 Å². The van der Waals surface area contributed by atoms with Gasteiger partial charge in [-0.05, 0) is 31.0 Å². The molecule has 0 bridgehead atoms. The highest BCUT2D eigenvalue weighted by molar-refractivity contribution is 9.10. The maximum Gasteiger partial charge on any atom is 0.135 e. The maximum absolute atomic E-state index is 5.78. The second-order valence-electron chi connectivity index (χ2n) is 4.37. The first-order valence-electron chi connectivity index (χ1n) is 5.73. The van der Waals surface area contributed by atoms with Crippen LogP contribution in [0.1, 0.15) is 25.0 Å². The van der Waals surface area contributed by atoms with Gasteiger partial charge in [-0.3, -0.25) is 0 Å². The molecule has 0 unspecified atom stereocenters. The number of benzene rings is 1. The predicted octanol–water partition coefficient (Wildman–Crippen LogP) is 3.84. The van der Waals surface area contributed by atoms with Crippen LogP contribution in [0.5, 0.6) is 0 Å². The van der Waals surface area contributed by atoms with Crippen molar-refractivity contribution in [2.24, 2.45) is 0 Å². The summed E-state index contributed by atoms with van der Waals surface area (Å²) in [5.74, 6) is 1.02. The molecule has 16 heavy (non-hydrogen) atoms. The van der Waals surface area contributed by atoms with E-state index in [4.69, 9.17) is 4.42 Å². The summed E-state index contributed by atoms with van der Waals surface area (Å²) in [5.41, 5.74) is 0.958. The van der Waals surface area contributed by atoms with Gasteiger partial charge in [0.1, 0.15) is 11.3 Å². The van der Waals surface area contributed by atoms with E-state index >= 15 is 0 Å². The average Bonchev–Trinajstić information content (AvgIpc) is 2.60. The highest BCUT2D eigenvalue weighted by Crippen LogP contribution is 2.27. The summed E-state index contributed by atoms with van der Waals surface area (Å²) in [7, 11) is 0. The lowest BCUT2D eigenvalue weighted by Crippen LogP contribution is -2.34. The smallest absolute Gasteiger partial charge is 0.135 e. The molecule has 1 fully saturated rings. The fraction of sp³-hybridized carbons (Fsp3) is 0.385. The van der Waals surface area contributed by atoms with Crippen LogP contribution in [0.15, 0.2) is 33.2 Å². The lowest BCUT2D eigenvalue weighted by molar-refractivity contribution is 0.327. The van der Waals surface area contributed by atoms with Crippen LogP contribution in [0.3, 0.4) is 0 Å². The van der Waals surface area contributed by atoms with E-state index in [1.54, 1.807) is 0 Å². The molecule has 0 amide bonds. The standard InChI is InChI=1S/C13H14BrNO/c14-12-5-2-6-13-11(12)7-10(16-13)8-15-9-3-1-4-9/h2,5-7,9,15H,1,3-4,8H2. The van der Waals surface area contributed by atoms with Crippen LogP contribution in [0.2, 0.25) is 0 Å². The highest BCUT2D eigenvalue weighted by Gasteiger charge is 2.17. The molecule has 3 heteroatoms. The molecule has 1 aromatic carbocycles. The summed E-state index contributed by atoms with van der Waals surface area (Å²) in [6.07, 6.45) is 3.98. The van der Waals surface area contributed by atoms with Crippen LogP contribution in [-0.2, 0) is 6.54 Å². The minimum atomic E-state index is 0.705. The monoisotopic (exact) mass is 279 g/mol. The van der Waals surface area contributed by atoms with Crippen molar-refractivity contribution >= 4 is 26.9 Å². The van der Waals surface area contributed by atoms with E-state index in [0.29, 0.717) is 6.04 Å². The summed E-state index contributed by atoms with van der Waals surface area (Å²) < 4.78 is 6.88. The number of hydrogen-bond donors (Lipinski definition) is 1. The predicted molar refractivity (Wildman–Crippen MR) is 68.4 cm³/mol. The molecule has 1 aromatic heterocycles. The van der Waals surface area contributed by atoms with Crippen molar-refractivity contribution in [3.8, 4) is 0 Å². The first kappa shape index (κ1) is 10.4. The van der Waals surface area contributed by atoms with Gasteiger partial charge in [0.25, 0.3) is 0 Å². The number of rotatable bonds is 3. The Bertz CT molecular complexity index is 502. The van der Waals surface area contributed by atoms with Crippen molar-refractivity contribution in [1.82, 2.24) is 5.32 Å². The fourth-order valence-electron chi connectivity index (χ4n) is 2.02. The molecule has 1 heterocycles. The molecule has 1 N–H and O–H groups in total. The number of nitrogens with one attached hydrogen (secondary N) is 1. The van der Waals surface area contributed by atoms with Crippen LogP contribution >= 0.6 is 15.9 Å². The van der Waals surface area contributed by atoms with E-state index in [1.807, 2.05) is 18.2 Å². The van der Waals surface area contributed by atoms with Gasteiger partial charge in [-0.1, -0.05) is 28.4 Å². The summed E-state index contributed by atoms with van der Waals surface area (Å²) in [4.78, 5) is 0. The summed E-state index contributed by atoms with van der Waals surface area (Å²) >= 11 is 3.53. The van der Waals surface area contributed by atoms with Crippen molar-refractivity contribution in [3.05, 3.63) is 34.5 Å². The quantitative estimate of drug-likeness (QED) is 0.924. The van der Waals surface area contributed by atoms with Gasteiger partial charge in [-0.15, -0.1) is 0 Å². The lowest BCUT2D eigenvalue weighted by Gasteiger charge is -2.25. The van der Waals surface area contributed by atoms with E-state index < -0.39 is 0 Å². The minimum Gasteiger partial charge on any atom is -0.460 e. The van der Waals surface area contributed by atoms with Crippen molar-refractivity contribution in [3.63, 3.8) is 0 Å². The van der Waals surface area contributed by atoms with Gasteiger partial charge in [-0.2, -0.15) is 0 Å². The van der Waals surface area contributed by atoms with Crippen LogP contribution in [0, 0.1) is 0 Å². The second kappa shape index (κ2) is 4.22. The summed E-state index contributed by atoms with van der Waals surface area (Å²) in [6, 6.07) is 8.87. The molecule has 84 valence electrons. The zero-order chi connectivity index (χ0) is 11.0. The van der Waals surface area contributed by atoms with E-state index in [-0.39, 0.29) is 0 Å². The second-order valence-corrected chi connectivity index (χ2v) is 5.23. The molecular weight excluding hydrogens is 266 g/mol. The van der Waals surface area contributed by atoms with Gasteiger partial charge >= 0.3 is 0 Å². The van der Waals surface area contributed by atoms with Gasteiger partial charge < -0.3 is 9.73 Å². The third-order valence-electron chi connectivity index (χ3n) is 3.23. The Morgan fingerprint density at radius 1 is 1.38 bits per heavy atom. The molecule has 1 aliphatic rings. The van der Waals surface area contributed by atoms with Crippen LogP contribution in [0.25, 0.3) is 11.0 Å². The number of hydrogen-bond acceptors (Lipinski definition) is 2. The Morgan fingerprint density at radius 3 is 2.94 bits per heavy atom. The van der Waals surface area contributed by atoms with Gasteiger partial charge in [0.2, 0.25) is 0 Å². The van der Waals surface area contributed by atoms with Crippen molar-refractivity contribution < 1.29 is 4.42 Å². The molecule has 1 aliphatic carbocycles. The molecule has 1 saturated carbocycles. The summed E-state index contributed by atoms with van der Waals surface area (Å²) in [6.45, 7) is 0.839. The zero-order valence-corrected chi connectivity index (χ0v) is 10.6. The molecule has 2 aromatic rings. The Kier molecular flexibility index (Phi) is 2.74. The Balaban J connectivity index is 1.79. The molecule has 0 atom stereocenters. The molecule has 3 rings (SSSR count).